The van der Waals surface area contributed by atoms with E-state index in [1.807, 2.05) is 6.92 Å². The van der Waals surface area contributed by atoms with Crippen molar-refractivity contribution in [3.63, 3.8) is 0 Å². The number of aromatic nitrogens is 1. The average Bonchev–Trinajstić information content (AvgIpc) is 2.19. The van der Waals surface area contributed by atoms with Gasteiger partial charge in [0.05, 0.1) is 4.20 Å². The first-order chi connectivity index (χ1) is 6.24. The summed E-state index contributed by atoms with van der Waals surface area (Å²) in [5, 5.41) is -0.0764. The summed E-state index contributed by atoms with van der Waals surface area (Å²) in [4.78, 5) is 15.4. The third-order valence-electron chi connectivity index (χ3n) is 1.37. The summed E-state index contributed by atoms with van der Waals surface area (Å²) in [7, 11) is 0. The molecule has 0 saturated heterocycles. The molecular weight excluding hydrogens is 202 g/mol. The van der Waals surface area contributed by atoms with E-state index in [0.29, 0.717) is 9.89 Å². The molecule has 0 saturated carbocycles. The molecule has 1 aromatic rings. The van der Waals surface area contributed by atoms with Gasteiger partial charge >= 0.3 is 0 Å². The third kappa shape index (κ3) is 3.24. The number of carbonyl (C=O) groups excluding carboxylic acids is 1. The molecule has 0 aliphatic heterocycles. The van der Waals surface area contributed by atoms with E-state index < -0.39 is 0 Å². The van der Waals surface area contributed by atoms with Crippen LogP contribution in [0.4, 0.5) is 0 Å². The fourth-order valence-electron chi connectivity index (χ4n) is 0.711. The quantitative estimate of drug-likeness (QED) is 0.703. The molecule has 1 rings (SSSR count). The van der Waals surface area contributed by atoms with Gasteiger partial charge in [0, 0.05) is 6.20 Å². The van der Waals surface area contributed by atoms with Crippen molar-refractivity contribution in [1.29, 1.82) is 0 Å². The first-order valence-corrected chi connectivity index (χ1v) is 5.12. The number of thioether (sulfide) groups is 1. The van der Waals surface area contributed by atoms with Crippen LogP contribution in [0.3, 0.4) is 0 Å². The van der Waals surface area contributed by atoms with E-state index in [2.05, 4.69) is 4.98 Å². The van der Waals surface area contributed by atoms with Crippen molar-refractivity contribution in [2.45, 2.75) is 13.3 Å². The van der Waals surface area contributed by atoms with Crippen molar-refractivity contribution in [3.05, 3.63) is 30.1 Å². The lowest BCUT2D eigenvalue weighted by molar-refractivity contribution is 0.108. The first-order valence-electron chi connectivity index (χ1n) is 3.90. The van der Waals surface area contributed by atoms with Gasteiger partial charge in [-0.25, -0.2) is 0 Å². The predicted octanol–water partition coefficient (Wildman–Crippen LogP) is 2.69. The molecule has 2 nitrogen and oxygen atoms in total. The number of thiocarbonyl (C=S) groups is 1. The summed E-state index contributed by atoms with van der Waals surface area (Å²) >= 11 is 6.03. The fraction of sp³-hybridized carbons (Fsp3) is 0.222. The number of pyridine rings is 1. The largest absolute Gasteiger partial charge is 0.279 e. The lowest BCUT2D eigenvalue weighted by Gasteiger charge is -1.98. The van der Waals surface area contributed by atoms with E-state index in [1.54, 1.807) is 24.4 Å². The van der Waals surface area contributed by atoms with Gasteiger partial charge in [-0.15, -0.1) is 0 Å². The van der Waals surface area contributed by atoms with Gasteiger partial charge in [-0.05, 0) is 30.3 Å². The number of hydrogen-bond donors (Lipinski definition) is 0. The Kier molecular flexibility index (Phi) is 4.05. The highest BCUT2D eigenvalue weighted by Gasteiger charge is 2.08. The minimum Gasteiger partial charge on any atom is -0.279 e. The average molecular weight is 211 g/mol. The van der Waals surface area contributed by atoms with Gasteiger partial charge < -0.3 is 0 Å². The van der Waals surface area contributed by atoms with Gasteiger partial charge in [0.1, 0.15) is 5.69 Å². The van der Waals surface area contributed by atoms with E-state index in [-0.39, 0.29) is 5.12 Å². The molecule has 0 unspecified atom stereocenters. The highest BCUT2D eigenvalue weighted by Crippen LogP contribution is 2.13. The first kappa shape index (κ1) is 10.3. The molecule has 0 radical (unpaired) electrons. The maximum atomic E-state index is 11.4. The molecule has 0 fully saturated rings. The smallest absolute Gasteiger partial charge is 0.242 e. The van der Waals surface area contributed by atoms with Crippen LogP contribution < -0.4 is 0 Å². The molecule has 0 aliphatic carbocycles. The van der Waals surface area contributed by atoms with Crippen LogP contribution in [-0.4, -0.2) is 14.3 Å². The molecule has 4 heteroatoms. The second-order valence-corrected chi connectivity index (χ2v) is 4.15. The molecule has 0 bridgehead atoms. The lowest BCUT2D eigenvalue weighted by Crippen LogP contribution is -1.99. The summed E-state index contributed by atoms with van der Waals surface area (Å²) in [6, 6.07) is 5.25. The van der Waals surface area contributed by atoms with Gasteiger partial charge in [0.2, 0.25) is 5.12 Å². The van der Waals surface area contributed by atoms with E-state index in [1.165, 1.54) is 0 Å². The van der Waals surface area contributed by atoms with Gasteiger partial charge in [0.25, 0.3) is 0 Å². The van der Waals surface area contributed by atoms with Crippen LogP contribution in [0.15, 0.2) is 24.4 Å². The van der Waals surface area contributed by atoms with E-state index >= 15 is 0 Å². The lowest BCUT2D eigenvalue weighted by atomic mass is 10.4. The molecule has 68 valence electrons. The molecule has 13 heavy (non-hydrogen) atoms. The predicted molar refractivity (Wildman–Crippen MR) is 59.0 cm³/mol. The second-order valence-electron chi connectivity index (χ2n) is 2.33. The number of rotatable bonds is 2. The highest BCUT2D eigenvalue weighted by atomic mass is 32.2. The zero-order valence-electron chi connectivity index (χ0n) is 7.19. The molecule has 0 atom stereocenters. The zero-order valence-corrected chi connectivity index (χ0v) is 8.82. The van der Waals surface area contributed by atoms with E-state index in [0.717, 1.165) is 18.2 Å². The second kappa shape index (κ2) is 5.09. The van der Waals surface area contributed by atoms with Gasteiger partial charge in [0.15, 0.2) is 0 Å². The molecule has 0 aromatic carbocycles. The molecule has 0 aliphatic rings. The van der Waals surface area contributed by atoms with Gasteiger partial charge in [-0.3, -0.25) is 9.78 Å². The Balaban J connectivity index is 2.65. The summed E-state index contributed by atoms with van der Waals surface area (Å²) < 4.78 is 0.704. The summed E-state index contributed by atoms with van der Waals surface area (Å²) in [5.41, 5.74) is 0.461. The van der Waals surface area contributed by atoms with Crippen molar-refractivity contribution < 1.29 is 4.79 Å². The zero-order chi connectivity index (χ0) is 9.68. The molecule has 1 aromatic heterocycles. The minimum atomic E-state index is -0.0764. The van der Waals surface area contributed by atoms with Crippen LogP contribution in [-0.2, 0) is 0 Å². The van der Waals surface area contributed by atoms with Crippen LogP contribution in [0.2, 0.25) is 0 Å². The standard InChI is InChI=1S/C9H9NOS2/c1-2-8(12)13-9(11)7-5-3-4-6-10-7/h3-6H,2H2,1H3. The van der Waals surface area contributed by atoms with Crippen molar-refractivity contribution >= 4 is 33.3 Å². The normalized spacial score (nSPS) is 9.62. The number of carbonyl (C=O) groups is 1. The Labute approximate surface area is 86.8 Å². The van der Waals surface area contributed by atoms with Gasteiger partial charge in [-0.2, -0.15) is 0 Å². The minimum absolute atomic E-state index is 0.0764. The van der Waals surface area contributed by atoms with Crippen molar-refractivity contribution in [2.24, 2.45) is 0 Å². The van der Waals surface area contributed by atoms with Crippen LogP contribution in [0.25, 0.3) is 0 Å². The van der Waals surface area contributed by atoms with Crippen LogP contribution in [0.5, 0.6) is 0 Å². The maximum absolute atomic E-state index is 11.4. The molecule has 0 N–H and O–H groups in total. The third-order valence-corrected chi connectivity index (χ3v) is 2.82. The Hall–Kier alpha value is -0.740. The SMILES string of the molecule is CCC(=S)SC(=O)c1ccccn1. The summed E-state index contributed by atoms with van der Waals surface area (Å²) in [5.74, 6) is 0. The molecule has 0 amide bonds. The van der Waals surface area contributed by atoms with E-state index in [9.17, 15) is 4.79 Å². The molecule has 0 spiro atoms. The van der Waals surface area contributed by atoms with Crippen molar-refractivity contribution in [2.75, 3.05) is 0 Å². The Morgan fingerprint density at radius 2 is 2.38 bits per heavy atom. The molecule has 1 heterocycles. The number of nitrogens with zero attached hydrogens (tertiary/aromatic N) is 1. The highest BCUT2D eigenvalue weighted by molar-refractivity contribution is 8.33. The fourth-order valence-corrected chi connectivity index (χ4v) is 1.51. The molecular formula is C9H9NOS2. The van der Waals surface area contributed by atoms with Crippen molar-refractivity contribution in [3.8, 4) is 0 Å². The van der Waals surface area contributed by atoms with Crippen LogP contribution in [0.1, 0.15) is 23.8 Å². The Bertz CT molecular complexity index is 311. The number of hydrogen-bond acceptors (Lipinski definition) is 4. The Morgan fingerprint density at radius 1 is 1.62 bits per heavy atom. The maximum Gasteiger partial charge on any atom is 0.242 e. The van der Waals surface area contributed by atoms with E-state index in [4.69, 9.17) is 12.2 Å². The monoisotopic (exact) mass is 211 g/mol. The van der Waals surface area contributed by atoms with Crippen LogP contribution >= 0.6 is 24.0 Å². The van der Waals surface area contributed by atoms with Gasteiger partial charge in [-0.1, -0.05) is 25.2 Å². The van der Waals surface area contributed by atoms with Crippen LogP contribution in [0, 0.1) is 0 Å². The topological polar surface area (TPSA) is 30.0 Å². The van der Waals surface area contributed by atoms with Crippen molar-refractivity contribution in [1.82, 2.24) is 4.98 Å². The summed E-state index contributed by atoms with van der Waals surface area (Å²) in [6.45, 7) is 1.93. The summed E-state index contributed by atoms with van der Waals surface area (Å²) in [6.07, 6.45) is 2.33. The Morgan fingerprint density at radius 3 is 2.92 bits per heavy atom.